The summed E-state index contributed by atoms with van der Waals surface area (Å²) in [4.78, 5) is 23.2. The molecule has 1 aliphatic rings. The average Bonchev–Trinajstić information content (AvgIpc) is 2.65. The fourth-order valence-electron chi connectivity index (χ4n) is 3.43. The summed E-state index contributed by atoms with van der Waals surface area (Å²) in [6, 6.07) is 9.45. The summed E-state index contributed by atoms with van der Waals surface area (Å²) >= 11 is 7.31. The number of benzene rings is 1. The number of halogens is 1. The number of hydrogen-bond acceptors (Lipinski definition) is 5. The molecule has 0 spiro atoms. The quantitative estimate of drug-likeness (QED) is 0.582. The van der Waals surface area contributed by atoms with Crippen LogP contribution in [0.5, 0.6) is 0 Å². The zero-order valence-corrected chi connectivity index (χ0v) is 17.3. The zero-order chi connectivity index (χ0) is 19.2. The van der Waals surface area contributed by atoms with Crippen molar-refractivity contribution in [1.29, 1.82) is 0 Å². The standard InChI is InChI=1S/C20H25ClN4OS/c1-14-7-15(2)11-25(10-14)18-8-20(24-13-23-18)27-12-19(26)22-9-16-3-5-17(21)6-4-16/h3-6,8,13-15H,7,9-12H2,1-2H3,(H,22,26)/t14-,15+. The number of piperidine rings is 1. The van der Waals surface area contributed by atoms with Gasteiger partial charge < -0.3 is 10.2 Å². The summed E-state index contributed by atoms with van der Waals surface area (Å²) in [7, 11) is 0. The first-order chi connectivity index (χ1) is 13.0. The van der Waals surface area contributed by atoms with E-state index in [9.17, 15) is 4.79 Å². The van der Waals surface area contributed by atoms with Gasteiger partial charge in [-0.1, -0.05) is 49.3 Å². The van der Waals surface area contributed by atoms with Gasteiger partial charge >= 0.3 is 0 Å². The summed E-state index contributed by atoms with van der Waals surface area (Å²) in [5, 5.41) is 4.44. The Kier molecular flexibility index (Phi) is 6.96. The van der Waals surface area contributed by atoms with Gasteiger partial charge in [-0.05, 0) is 36.0 Å². The van der Waals surface area contributed by atoms with Crippen molar-refractivity contribution in [2.75, 3.05) is 23.7 Å². The molecule has 1 saturated heterocycles. The molecular weight excluding hydrogens is 380 g/mol. The van der Waals surface area contributed by atoms with Gasteiger partial charge in [-0.3, -0.25) is 4.79 Å². The smallest absolute Gasteiger partial charge is 0.230 e. The highest BCUT2D eigenvalue weighted by molar-refractivity contribution is 7.99. The maximum absolute atomic E-state index is 12.1. The van der Waals surface area contributed by atoms with E-state index in [0.29, 0.717) is 29.2 Å². The van der Waals surface area contributed by atoms with Crippen LogP contribution >= 0.6 is 23.4 Å². The second-order valence-electron chi connectivity index (χ2n) is 7.26. The van der Waals surface area contributed by atoms with Crippen LogP contribution in [0.25, 0.3) is 0 Å². The van der Waals surface area contributed by atoms with Crippen LogP contribution in [-0.2, 0) is 11.3 Å². The van der Waals surface area contributed by atoms with Gasteiger partial charge in [0.2, 0.25) is 5.91 Å². The molecule has 5 nitrogen and oxygen atoms in total. The fraction of sp³-hybridized carbons (Fsp3) is 0.450. The molecule has 0 aliphatic carbocycles. The van der Waals surface area contributed by atoms with Crippen molar-refractivity contribution in [3.05, 3.63) is 47.2 Å². The number of carbonyl (C=O) groups is 1. The minimum absolute atomic E-state index is 0.0182. The Bertz CT molecular complexity index is 761. The molecule has 0 unspecified atom stereocenters. The van der Waals surface area contributed by atoms with E-state index in [0.717, 1.165) is 29.5 Å². The molecule has 0 saturated carbocycles. The molecule has 3 rings (SSSR count). The molecule has 1 N–H and O–H groups in total. The van der Waals surface area contributed by atoms with Gasteiger partial charge in [0.05, 0.1) is 5.75 Å². The van der Waals surface area contributed by atoms with Crippen LogP contribution in [0.1, 0.15) is 25.8 Å². The van der Waals surface area contributed by atoms with Crippen molar-refractivity contribution in [2.45, 2.75) is 31.8 Å². The Labute approximate surface area is 169 Å². The third-order valence-electron chi connectivity index (χ3n) is 4.57. The van der Waals surface area contributed by atoms with E-state index < -0.39 is 0 Å². The number of nitrogens with one attached hydrogen (secondary N) is 1. The first-order valence-corrected chi connectivity index (χ1v) is 10.6. The van der Waals surface area contributed by atoms with Gasteiger partial charge in [-0.2, -0.15) is 0 Å². The molecule has 2 heterocycles. The first kappa shape index (κ1) is 20.0. The van der Waals surface area contributed by atoms with E-state index in [1.54, 1.807) is 6.33 Å². The van der Waals surface area contributed by atoms with Crippen LogP contribution in [0, 0.1) is 11.8 Å². The molecule has 1 fully saturated rings. The highest BCUT2D eigenvalue weighted by atomic mass is 35.5. The summed E-state index contributed by atoms with van der Waals surface area (Å²) in [6.45, 7) is 7.10. The Morgan fingerprint density at radius 1 is 1.22 bits per heavy atom. The number of aromatic nitrogens is 2. The Morgan fingerprint density at radius 3 is 2.63 bits per heavy atom. The first-order valence-electron chi connectivity index (χ1n) is 9.20. The van der Waals surface area contributed by atoms with Crippen molar-refractivity contribution in [2.24, 2.45) is 11.8 Å². The minimum Gasteiger partial charge on any atom is -0.356 e. The topological polar surface area (TPSA) is 58.1 Å². The van der Waals surface area contributed by atoms with Crippen molar-refractivity contribution in [1.82, 2.24) is 15.3 Å². The lowest BCUT2D eigenvalue weighted by molar-refractivity contribution is -0.118. The monoisotopic (exact) mass is 404 g/mol. The number of thioether (sulfide) groups is 1. The van der Waals surface area contributed by atoms with Crippen molar-refractivity contribution >= 4 is 35.1 Å². The normalized spacial score (nSPS) is 19.7. The van der Waals surface area contributed by atoms with E-state index in [2.05, 4.69) is 34.0 Å². The Hall–Kier alpha value is -1.79. The summed E-state index contributed by atoms with van der Waals surface area (Å²) in [5.74, 6) is 2.59. The highest BCUT2D eigenvalue weighted by Gasteiger charge is 2.23. The molecule has 2 atom stereocenters. The van der Waals surface area contributed by atoms with Gasteiger partial charge in [0, 0.05) is 30.7 Å². The van der Waals surface area contributed by atoms with Crippen molar-refractivity contribution < 1.29 is 4.79 Å². The predicted molar refractivity (Wildman–Crippen MR) is 111 cm³/mol. The maximum atomic E-state index is 12.1. The van der Waals surface area contributed by atoms with E-state index >= 15 is 0 Å². The second kappa shape index (κ2) is 9.42. The largest absolute Gasteiger partial charge is 0.356 e. The number of carbonyl (C=O) groups excluding carboxylic acids is 1. The summed E-state index contributed by atoms with van der Waals surface area (Å²) in [5.41, 5.74) is 1.02. The predicted octanol–water partition coefficient (Wildman–Crippen LogP) is 4.02. The molecule has 2 aromatic rings. The lowest BCUT2D eigenvalue weighted by atomic mass is 9.92. The fourth-order valence-corrected chi connectivity index (χ4v) is 4.24. The lowest BCUT2D eigenvalue weighted by Gasteiger charge is -2.35. The van der Waals surface area contributed by atoms with Crippen LogP contribution in [0.3, 0.4) is 0 Å². The van der Waals surface area contributed by atoms with Crippen molar-refractivity contribution in [3.63, 3.8) is 0 Å². The van der Waals surface area contributed by atoms with E-state index in [-0.39, 0.29) is 5.91 Å². The zero-order valence-electron chi connectivity index (χ0n) is 15.7. The highest BCUT2D eigenvalue weighted by Crippen LogP contribution is 2.26. The van der Waals surface area contributed by atoms with Crippen LogP contribution in [0.2, 0.25) is 5.02 Å². The SMILES string of the molecule is C[C@@H]1C[C@H](C)CN(c2cc(SCC(=O)NCc3ccc(Cl)cc3)ncn2)C1. The molecule has 0 bridgehead atoms. The molecule has 144 valence electrons. The molecular formula is C20H25ClN4OS. The Balaban J connectivity index is 1.50. The molecule has 1 aromatic heterocycles. The number of anilines is 1. The third-order valence-corrected chi connectivity index (χ3v) is 5.75. The van der Waals surface area contributed by atoms with Crippen LogP contribution in [0.15, 0.2) is 41.7 Å². The molecule has 0 radical (unpaired) electrons. The number of nitrogens with zero attached hydrogens (tertiary/aromatic N) is 3. The molecule has 27 heavy (non-hydrogen) atoms. The van der Waals surface area contributed by atoms with Crippen molar-refractivity contribution in [3.8, 4) is 0 Å². The third kappa shape index (κ3) is 6.11. The second-order valence-corrected chi connectivity index (χ2v) is 8.69. The number of amides is 1. The van der Waals surface area contributed by atoms with Gasteiger partial charge in [-0.15, -0.1) is 0 Å². The van der Waals surface area contributed by atoms with Crippen LogP contribution in [0.4, 0.5) is 5.82 Å². The van der Waals surface area contributed by atoms with Gasteiger partial charge in [0.15, 0.2) is 0 Å². The minimum atomic E-state index is -0.0182. The van der Waals surface area contributed by atoms with Crippen LogP contribution in [-0.4, -0.2) is 34.7 Å². The van der Waals surface area contributed by atoms with E-state index in [1.165, 1.54) is 18.2 Å². The summed E-state index contributed by atoms with van der Waals surface area (Å²) in [6.07, 6.45) is 2.85. The molecule has 1 aromatic carbocycles. The molecule has 1 aliphatic heterocycles. The van der Waals surface area contributed by atoms with Gasteiger partial charge in [0.1, 0.15) is 17.2 Å². The van der Waals surface area contributed by atoms with Gasteiger partial charge in [-0.25, -0.2) is 9.97 Å². The number of rotatable bonds is 6. The number of hydrogen-bond donors (Lipinski definition) is 1. The van der Waals surface area contributed by atoms with E-state index in [4.69, 9.17) is 11.6 Å². The van der Waals surface area contributed by atoms with E-state index in [1.807, 2.05) is 30.3 Å². The maximum Gasteiger partial charge on any atom is 0.230 e. The average molecular weight is 405 g/mol. The van der Waals surface area contributed by atoms with Gasteiger partial charge in [0.25, 0.3) is 0 Å². The van der Waals surface area contributed by atoms with Crippen LogP contribution < -0.4 is 10.2 Å². The summed E-state index contributed by atoms with van der Waals surface area (Å²) < 4.78 is 0. The Morgan fingerprint density at radius 2 is 1.93 bits per heavy atom. The molecule has 1 amide bonds. The molecule has 7 heteroatoms. The lowest BCUT2D eigenvalue weighted by Crippen LogP contribution is -2.39.